The van der Waals surface area contributed by atoms with Gasteiger partial charge < -0.3 is 14.2 Å². The third kappa shape index (κ3) is 15.2. The van der Waals surface area contributed by atoms with E-state index in [1.807, 2.05) is 0 Å². The molecule has 0 aliphatic carbocycles. The van der Waals surface area contributed by atoms with Crippen LogP contribution >= 0.6 is 11.6 Å². The number of hydrogen-bond donors (Lipinski definition) is 0. The second-order valence-electron chi connectivity index (χ2n) is 7.34. The van der Waals surface area contributed by atoms with Crippen molar-refractivity contribution >= 4 is 11.6 Å². The highest BCUT2D eigenvalue weighted by molar-refractivity contribution is 6.17. The lowest BCUT2D eigenvalue weighted by atomic mass is 10.0. The molecule has 0 fully saturated rings. The fourth-order valence-corrected chi connectivity index (χ4v) is 3.24. The first kappa shape index (κ1) is 25.3. The SMILES string of the molecule is CCCCCCCCc1ccc(OCCOCCOCCCCCCCl)cc1. The number of unbranched alkanes of at least 4 members (excludes halogenated alkanes) is 8. The fourth-order valence-electron chi connectivity index (χ4n) is 3.05. The van der Waals surface area contributed by atoms with Crippen molar-refractivity contribution in [2.45, 2.75) is 77.6 Å². The Morgan fingerprint density at radius 1 is 0.643 bits per heavy atom. The first-order valence-electron chi connectivity index (χ1n) is 11.3. The predicted octanol–water partition coefficient (Wildman–Crippen LogP) is 6.80. The molecule has 0 bridgehead atoms. The molecule has 0 aliphatic rings. The van der Waals surface area contributed by atoms with E-state index in [1.54, 1.807) is 0 Å². The lowest BCUT2D eigenvalue weighted by molar-refractivity contribution is 0.0352. The maximum atomic E-state index is 5.74. The maximum absolute atomic E-state index is 5.74. The Labute approximate surface area is 178 Å². The molecule has 28 heavy (non-hydrogen) atoms. The van der Waals surface area contributed by atoms with Gasteiger partial charge in [0.15, 0.2) is 0 Å². The van der Waals surface area contributed by atoms with Crippen LogP contribution in [0.5, 0.6) is 5.75 Å². The summed E-state index contributed by atoms with van der Waals surface area (Å²) in [6.45, 7) is 5.53. The zero-order valence-corrected chi connectivity index (χ0v) is 18.7. The number of rotatable bonds is 20. The lowest BCUT2D eigenvalue weighted by Gasteiger charge is -2.09. The minimum atomic E-state index is 0.579. The van der Waals surface area contributed by atoms with Gasteiger partial charge >= 0.3 is 0 Å². The molecule has 0 radical (unpaired) electrons. The van der Waals surface area contributed by atoms with Crippen molar-refractivity contribution in [1.82, 2.24) is 0 Å². The lowest BCUT2D eigenvalue weighted by Crippen LogP contribution is -2.11. The molecule has 162 valence electrons. The van der Waals surface area contributed by atoms with Gasteiger partial charge in [-0.2, -0.15) is 0 Å². The highest BCUT2D eigenvalue weighted by Crippen LogP contribution is 2.15. The van der Waals surface area contributed by atoms with Crippen LogP contribution in [0.3, 0.4) is 0 Å². The summed E-state index contributed by atoms with van der Waals surface area (Å²) in [4.78, 5) is 0. The van der Waals surface area contributed by atoms with Crippen molar-refractivity contribution in [3.8, 4) is 5.75 Å². The highest BCUT2D eigenvalue weighted by atomic mass is 35.5. The monoisotopic (exact) mass is 412 g/mol. The molecule has 0 amide bonds. The Hall–Kier alpha value is -0.770. The molecule has 0 N–H and O–H groups in total. The van der Waals surface area contributed by atoms with E-state index in [4.69, 9.17) is 25.8 Å². The molecular weight excluding hydrogens is 372 g/mol. The quantitative estimate of drug-likeness (QED) is 0.174. The van der Waals surface area contributed by atoms with Crippen LogP contribution in [0.1, 0.15) is 76.7 Å². The minimum absolute atomic E-state index is 0.579. The minimum Gasteiger partial charge on any atom is -0.491 e. The molecule has 1 aromatic carbocycles. The average molecular weight is 413 g/mol. The van der Waals surface area contributed by atoms with Crippen LogP contribution in [0.2, 0.25) is 0 Å². The summed E-state index contributed by atoms with van der Waals surface area (Å²) in [5.41, 5.74) is 1.40. The van der Waals surface area contributed by atoms with Crippen LogP contribution in [-0.4, -0.2) is 38.9 Å². The van der Waals surface area contributed by atoms with Gasteiger partial charge in [-0.1, -0.05) is 64.0 Å². The topological polar surface area (TPSA) is 27.7 Å². The van der Waals surface area contributed by atoms with Gasteiger partial charge in [0, 0.05) is 12.5 Å². The Balaban J connectivity index is 1.91. The van der Waals surface area contributed by atoms with E-state index in [-0.39, 0.29) is 0 Å². The summed E-state index contributed by atoms with van der Waals surface area (Å²) < 4.78 is 16.8. The van der Waals surface area contributed by atoms with Gasteiger partial charge in [-0.05, 0) is 43.4 Å². The molecule has 0 aliphatic heterocycles. The van der Waals surface area contributed by atoms with Crippen LogP contribution < -0.4 is 4.74 Å². The fraction of sp³-hybridized carbons (Fsp3) is 0.750. The van der Waals surface area contributed by atoms with Crippen LogP contribution in [0, 0.1) is 0 Å². The molecule has 0 heterocycles. The maximum Gasteiger partial charge on any atom is 0.119 e. The van der Waals surface area contributed by atoms with Gasteiger partial charge in [-0.3, -0.25) is 0 Å². The summed E-state index contributed by atoms with van der Waals surface area (Å²) in [7, 11) is 0. The van der Waals surface area contributed by atoms with Crippen molar-refractivity contribution in [2.24, 2.45) is 0 Å². The van der Waals surface area contributed by atoms with Crippen molar-refractivity contribution < 1.29 is 14.2 Å². The molecule has 0 spiro atoms. The Bertz CT molecular complexity index is 436. The second kappa shape index (κ2) is 19.5. The second-order valence-corrected chi connectivity index (χ2v) is 7.72. The summed E-state index contributed by atoms with van der Waals surface area (Å²) in [5, 5.41) is 0. The van der Waals surface area contributed by atoms with Crippen molar-refractivity contribution in [3.63, 3.8) is 0 Å². The van der Waals surface area contributed by atoms with Crippen LogP contribution in [0.25, 0.3) is 0 Å². The first-order valence-corrected chi connectivity index (χ1v) is 11.8. The highest BCUT2D eigenvalue weighted by Gasteiger charge is 1.98. The van der Waals surface area contributed by atoms with Crippen LogP contribution in [-0.2, 0) is 15.9 Å². The standard InChI is InChI=1S/C24H41ClO3/c1-2-3-4-5-6-9-12-23-13-15-24(16-14-23)28-22-21-27-20-19-26-18-11-8-7-10-17-25/h13-16H,2-12,17-22H2,1H3. The van der Waals surface area contributed by atoms with Crippen molar-refractivity contribution in [3.05, 3.63) is 29.8 Å². The number of alkyl halides is 1. The molecular formula is C24H41ClO3. The van der Waals surface area contributed by atoms with Crippen LogP contribution in [0.4, 0.5) is 0 Å². The van der Waals surface area contributed by atoms with Crippen LogP contribution in [0.15, 0.2) is 24.3 Å². The predicted molar refractivity (Wildman–Crippen MR) is 120 cm³/mol. The van der Waals surface area contributed by atoms with E-state index in [1.165, 1.54) is 63.4 Å². The molecule has 0 aromatic heterocycles. The summed E-state index contributed by atoms with van der Waals surface area (Å²) in [6, 6.07) is 8.51. The molecule has 0 saturated heterocycles. The number of aryl methyl sites for hydroxylation is 1. The first-order chi connectivity index (χ1) is 13.9. The molecule has 0 unspecified atom stereocenters. The van der Waals surface area contributed by atoms with Crippen molar-refractivity contribution in [1.29, 1.82) is 0 Å². The molecule has 1 aromatic rings. The molecule has 0 atom stereocenters. The van der Waals surface area contributed by atoms with E-state index in [0.29, 0.717) is 26.4 Å². The van der Waals surface area contributed by atoms with E-state index in [2.05, 4.69) is 31.2 Å². The number of hydrogen-bond acceptors (Lipinski definition) is 3. The molecule has 1 rings (SSSR count). The smallest absolute Gasteiger partial charge is 0.119 e. The van der Waals surface area contributed by atoms with Gasteiger partial charge in [0.25, 0.3) is 0 Å². The van der Waals surface area contributed by atoms with E-state index in [0.717, 1.165) is 31.1 Å². The van der Waals surface area contributed by atoms with E-state index >= 15 is 0 Å². The zero-order chi connectivity index (χ0) is 20.1. The van der Waals surface area contributed by atoms with Gasteiger partial charge in [-0.15, -0.1) is 11.6 Å². The number of halogens is 1. The Kier molecular flexibility index (Phi) is 17.6. The number of benzene rings is 1. The van der Waals surface area contributed by atoms with Gasteiger partial charge in [0.2, 0.25) is 0 Å². The third-order valence-corrected chi connectivity index (χ3v) is 5.05. The van der Waals surface area contributed by atoms with Gasteiger partial charge in [0.05, 0.1) is 19.8 Å². The zero-order valence-electron chi connectivity index (χ0n) is 17.9. The Morgan fingerprint density at radius 3 is 2.00 bits per heavy atom. The average Bonchev–Trinajstić information content (AvgIpc) is 2.72. The Morgan fingerprint density at radius 2 is 1.25 bits per heavy atom. The largest absolute Gasteiger partial charge is 0.491 e. The summed E-state index contributed by atoms with van der Waals surface area (Å²) in [5.74, 6) is 1.68. The van der Waals surface area contributed by atoms with E-state index < -0.39 is 0 Å². The molecule has 0 saturated carbocycles. The van der Waals surface area contributed by atoms with Gasteiger partial charge in [0.1, 0.15) is 12.4 Å². The van der Waals surface area contributed by atoms with Gasteiger partial charge in [-0.25, -0.2) is 0 Å². The molecule has 4 heteroatoms. The third-order valence-electron chi connectivity index (χ3n) is 4.78. The molecule has 3 nitrogen and oxygen atoms in total. The van der Waals surface area contributed by atoms with Crippen molar-refractivity contribution in [2.75, 3.05) is 38.9 Å². The van der Waals surface area contributed by atoms with E-state index in [9.17, 15) is 0 Å². The summed E-state index contributed by atoms with van der Waals surface area (Å²) in [6.07, 6.45) is 13.8. The number of ether oxygens (including phenoxy) is 3. The normalized spacial score (nSPS) is 11.1. The summed E-state index contributed by atoms with van der Waals surface area (Å²) >= 11 is 5.65.